The van der Waals surface area contributed by atoms with Gasteiger partial charge in [-0.05, 0) is 25.0 Å². The molecule has 1 aliphatic heterocycles. The number of amides is 2. The van der Waals surface area contributed by atoms with Crippen molar-refractivity contribution in [2.75, 3.05) is 58.0 Å². The van der Waals surface area contributed by atoms with Crippen molar-refractivity contribution in [3.63, 3.8) is 0 Å². The number of ether oxygens (including phenoxy) is 3. The van der Waals surface area contributed by atoms with E-state index in [1.807, 2.05) is 30.3 Å². The summed E-state index contributed by atoms with van der Waals surface area (Å²) in [4.78, 5) is 23.9. The van der Waals surface area contributed by atoms with Crippen LogP contribution in [0.1, 0.15) is 12.8 Å². The number of para-hydroxylation sites is 1. The summed E-state index contributed by atoms with van der Waals surface area (Å²) in [5, 5.41) is 3.33. The van der Waals surface area contributed by atoms with Crippen LogP contribution in [0, 0.1) is 0 Å². The van der Waals surface area contributed by atoms with Crippen LogP contribution < -0.4 is 5.32 Å². The van der Waals surface area contributed by atoms with E-state index in [0.717, 1.165) is 18.7 Å². The van der Waals surface area contributed by atoms with Crippen LogP contribution >= 0.6 is 0 Å². The van der Waals surface area contributed by atoms with Gasteiger partial charge in [-0.3, -0.25) is 14.5 Å². The Hall–Kier alpha value is -2.22. The predicted molar refractivity (Wildman–Crippen MR) is 102 cm³/mol. The van der Waals surface area contributed by atoms with Crippen molar-refractivity contribution in [1.82, 2.24) is 4.90 Å². The maximum absolute atomic E-state index is 11.3. The molecular formula is C20H28N2O5. The largest absolute Gasteiger partial charge is 0.385 e. The van der Waals surface area contributed by atoms with Crippen molar-refractivity contribution < 1.29 is 23.8 Å². The molecule has 1 aliphatic rings. The molecule has 1 aromatic carbocycles. The zero-order valence-corrected chi connectivity index (χ0v) is 15.6. The molecule has 27 heavy (non-hydrogen) atoms. The summed E-state index contributed by atoms with van der Waals surface area (Å²) in [6.07, 6.45) is 4.15. The first-order valence-corrected chi connectivity index (χ1v) is 9.33. The summed E-state index contributed by atoms with van der Waals surface area (Å²) in [6, 6.07) is 10.1. The lowest BCUT2D eigenvalue weighted by atomic mass is 10.3. The summed E-state index contributed by atoms with van der Waals surface area (Å²) < 4.78 is 16.4. The number of nitrogens with one attached hydrogen (secondary N) is 1. The lowest BCUT2D eigenvalue weighted by Crippen LogP contribution is -2.31. The number of carbonyl (C=O) groups is 2. The summed E-state index contributed by atoms with van der Waals surface area (Å²) >= 11 is 0. The van der Waals surface area contributed by atoms with Crippen molar-refractivity contribution in [2.24, 2.45) is 0 Å². The summed E-state index contributed by atoms with van der Waals surface area (Å²) in [5.74, 6) is -0.502. The Morgan fingerprint density at radius 1 is 0.741 bits per heavy atom. The number of anilines is 1. The molecule has 0 atom stereocenters. The minimum Gasteiger partial charge on any atom is -0.385 e. The van der Waals surface area contributed by atoms with Crippen molar-refractivity contribution >= 4 is 17.5 Å². The first-order valence-electron chi connectivity index (χ1n) is 9.33. The van der Waals surface area contributed by atoms with Gasteiger partial charge in [0.15, 0.2) is 0 Å². The second-order valence-electron chi connectivity index (χ2n) is 6.00. The summed E-state index contributed by atoms with van der Waals surface area (Å²) in [5.41, 5.74) is 1.12. The number of imide groups is 1. The topological polar surface area (TPSA) is 77.1 Å². The van der Waals surface area contributed by atoms with Crippen LogP contribution in [0.3, 0.4) is 0 Å². The van der Waals surface area contributed by atoms with E-state index in [0.29, 0.717) is 52.6 Å². The fraction of sp³-hybridized carbons (Fsp3) is 0.500. The Morgan fingerprint density at radius 2 is 1.30 bits per heavy atom. The molecular weight excluding hydrogens is 348 g/mol. The van der Waals surface area contributed by atoms with E-state index in [1.165, 1.54) is 17.1 Å². The monoisotopic (exact) mass is 376 g/mol. The molecule has 0 aromatic heterocycles. The molecule has 7 heteroatoms. The zero-order valence-electron chi connectivity index (χ0n) is 15.6. The van der Waals surface area contributed by atoms with Gasteiger partial charge in [0, 0.05) is 44.1 Å². The van der Waals surface area contributed by atoms with Crippen molar-refractivity contribution in [3.05, 3.63) is 42.5 Å². The molecule has 1 heterocycles. The Labute approximate surface area is 160 Å². The van der Waals surface area contributed by atoms with E-state index >= 15 is 0 Å². The number of benzene rings is 1. The second kappa shape index (κ2) is 13.0. The number of rotatable bonds is 15. The quantitative estimate of drug-likeness (QED) is 0.372. The molecule has 0 bridgehead atoms. The second-order valence-corrected chi connectivity index (χ2v) is 6.00. The van der Waals surface area contributed by atoms with Crippen molar-refractivity contribution in [1.29, 1.82) is 0 Å². The number of hydrogen-bond acceptors (Lipinski definition) is 6. The van der Waals surface area contributed by atoms with Crippen molar-refractivity contribution in [2.45, 2.75) is 12.8 Å². The fourth-order valence-electron chi connectivity index (χ4n) is 2.48. The molecule has 0 radical (unpaired) electrons. The number of nitrogens with zero attached hydrogens (tertiary/aromatic N) is 1. The number of carbonyl (C=O) groups excluding carboxylic acids is 2. The maximum atomic E-state index is 11.3. The van der Waals surface area contributed by atoms with Gasteiger partial charge in [-0.1, -0.05) is 18.2 Å². The highest BCUT2D eigenvalue weighted by Crippen LogP contribution is 2.05. The Kier molecular flexibility index (Phi) is 10.2. The third kappa shape index (κ3) is 8.81. The van der Waals surface area contributed by atoms with Crippen LogP contribution in [0.5, 0.6) is 0 Å². The molecule has 0 fully saturated rings. The number of hydrogen-bond donors (Lipinski definition) is 1. The predicted octanol–water partition coefficient (Wildman–Crippen LogP) is 1.85. The SMILES string of the molecule is O=C1C=CC(=O)N1CCCOCCOCCOCCCNc1ccccc1. The van der Waals surface area contributed by atoms with Crippen LogP contribution in [0.15, 0.2) is 42.5 Å². The molecule has 1 aromatic rings. The molecule has 2 rings (SSSR count). The first-order chi connectivity index (χ1) is 13.3. The third-order valence-electron chi connectivity index (χ3n) is 3.88. The van der Waals surface area contributed by atoms with E-state index in [4.69, 9.17) is 14.2 Å². The molecule has 7 nitrogen and oxygen atoms in total. The van der Waals surface area contributed by atoms with Gasteiger partial charge in [-0.2, -0.15) is 0 Å². The molecule has 0 spiro atoms. The van der Waals surface area contributed by atoms with Gasteiger partial charge in [0.1, 0.15) is 0 Å². The third-order valence-corrected chi connectivity index (χ3v) is 3.88. The highest BCUT2D eigenvalue weighted by Gasteiger charge is 2.22. The Balaban J connectivity index is 1.29. The molecule has 0 unspecified atom stereocenters. The highest BCUT2D eigenvalue weighted by molar-refractivity contribution is 6.12. The van der Waals surface area contributed by atoms with E-state index in [1.54, 1.807) is 0 Å². The summed E-state index contributed by atoms with van der Waals surface area (Å²) in [6.45, 7) is 4.55. The maximum Gasteiger partial charge on any atom is 0.253 e. The van der Waals surface area contributed by atoms with E-state index in [-0.39, 0.29) is 11.8 Å². The zero-order chi connectivity index (χ0) is 19.2. The van der Waals surface area contributed by atoms with Gasteiger partial charge in [0.25, 0.3) is 11.8 Å². The minimum atomic E-state index is -0.251. The van der Waals surface area contributed by atoms with Gasteiger partial charge < -0.3 is 19.5 Å². The molecule has 0 aliphatic carbocycles. The van der Waals surface area contributed by atoms with E-state index in [2.05, 4.69) is 5.32 Å². The fourth-order valence-corrected chi connectivity index (χ4v) is 2.48. The van der Waals surface area contributed by atoms with Gasteiger partial charge in [0.05, 0.1) is 26.4 Å². The Bertz CT molecular complexity index is 573. The van der Waals surface area contributed by atoms with Crippen molar-refractivity contribution in [3.8, 4) is 0 Å². The first kappa shape index (κ1) is 21.1. The highest BCUT2D eigenvalue weighted by atomic mass is 16.5. The van der Waals surface area contributed by atoms with Gasteiger partial charge in [0.2, 0.25) is 0 Å². The van der Waals surface area contributed by atoms with Crippen LogP contribution in [0.2, 0.25) is 0 Å². The van der Waals surface area contributed by atoms with Crippen LogP contribution in [0.4, 0.5) is 5.69 Å². The molecule has 0 saturated heterocycles. The normalized spacial score (nSPS) is 13.6. The minimum absolute atomic E-state index is 0.251. The van der Waals surface area contributed by atoms with Crippen LogP contribution in [-0.2, 0) is 23.8 Å². The lowest BCUT2D eigenvalue weighted by Gasteiger charge is -2.13. The molecule has 2 amide bonds. The molecule has 0 saturated carbocycles. The van der Waals surface area contributed by atoms with Gasteiger partial charge >= 0.3 is 0 Å². The van der Waals surface area contributed by atoms with Gasteiger partial charge in [-0.15, -0.1) is 0 Å². The average Bonchev–Trinajstić information content (AvgIpc) is 3.01. The van der Waals surface area contributed by atoms with Gasteiger partial charge in [-0.25, -0.2) is 0 Å². The average molecular weight is 376 g/mol. The Morgan fingerprint density at radius 3 is 1.93 bits per heavy atom. The van der Waals surface area contributed by atoms with Crippen LogP contribution in [0.25, 0.3) is 0 Å². The molecule has 148 valence electrons. The molecule has 1 N–H and O–H groups in total. The van der Waals surface area contributed by atoms with E-state index in [9.17, 15) is 9.59 Å². The van der Waals surface area contributed by atoms with E-state index < -0.39 is 0 Å². The standard InChI is InChI=1S/C20H28N2O5/c23-19-8-9-20(24)22(19)11-5-13-26-15-17-27-16-14-25-12-4-10-21-18-6-2-1-3-7-18/h1-3,6-9,21H,4-5,10-17H2. The van der Waals surface area contributed by atoms with Crippen LogP contribution in [-0.4, -0.2) is 69.4 Å². The smallest absolute Gasteiger partial charge is 0.253 e. The lowest BCUT2D eigenvalue weighted by molar-refractivity contribution is -0.137. The summed E-state index contributed by atoms with van der Waals surface area (Å²) in [7, 11) is 0.